The van der Waals surface area contributed by atoms with Crippen molar-refractivity contribution in [3.8, 4) is 0 Å². The quantitative estimate of drug-likeness (QED) is 0.676. The fourth-order valence-electron chi connectivity index (χ4n) is 1.76. The van der Waals surface area contributed by atoms with E-state index in [1.54, 1.807) is 42.9 Å². The fourth-order valence-corrected chi connectivity index (χ4v) is 1.95. The summed E-state index contributed by atoms with van der Waals surface area (Å²) in [5.41, 5.74) is 2.54. The Kier molecular flexibility index (Phi) is 3.22. The monoisotopic (exact) mass is 287 g/mol. The summed E-state index contributed by atoms with van der Waals surface area (Å²) >= 11 is 5.85. The summed E-state index contributed by atoms with van der Waals surface area (Å²) in [6, 6.07) is 8.30. The molecule has 0 fully saturated rings. The second-order valence-corrected chi connectivity index (χ2v) is 4.52. The second-order valence-electron chi connectivity index (χ2n) is 4.09. The zero-order valence-electron chi connectivity index (χ0n) is 10.2. The number of nitrogens with one attached hydrogen (secondary N) is 3. The number of rotatable bonds is 2. The van der Waals surface area contributed by atoms with Crippen LogP contribution in [0.5, 0.6) is 0 Å². The number of aromatic amines is 1. The summed E-state index contributed by atoms with van der Waals surface area (Å²) in [5, 5.41) is 5.93. The van der Waals surface area contributed by atoms with Crippen molar-refractivity contribution in [2.45, 2.75) is 0 Å². The van der Waals surface area contributed by atoms with Gasteiger partial charge in [0.05, 0.1) is 23.7 Å². The van der Waals surface area contributed by atoms with Gasteiger partial charge in [-0.3, -0.25) is 0 Å². The van der Waals surface area contributed by atoms with E-state index in [-0.39, 0.29) is 6.03 Å². The molecule has 0 spiro atoms. The molecule has 0 aliphatic carbocycles. The molecule has 6 nitrogen and oxygen atoms in total. The molecule has 0 aliphatic rings. The molecule has 20 heavy (non-hydrogen) atoms. The van der Waals surface area contributed by atoms with Gasteiger partial charge in [-0.25, -0.2) is 14.8 Å². The van der Waals surface area contributed by atoms with Crippen LogP contribution in [0.3, 0.4) is 0 Å². The lowest BCUT2D eigenvalue weighted by atomic mass is 10.3. The van der Waals surface area contributed by atoms with Crippen molar-refractivity contribution in [1.29, 1.82) is 0 Å². The number of H-pyrrole nitrogens is 1. The predicted molar refractivity (Wildman–Crippen MR) is 78.0 cm³/mol. The first kappa shape index (κ1) is 12.4. The van der Waals surface area contributed by atoms with Gasteiger partial charge in [0.1, 0.15) is 0 Å². The van der Waals surface area contributed by atoms with E-state index in [0.717, 1.165) is 5.52 Å². The molecule has 2 amide bonds. The van der Waals surface area contributed by atoms with E-state index < -0.39 is 0 Å². The Morgan fingerprint density at radius 2 is 2.00 bits per heavy atom. The van der Waals surface area contributed by atoms with Crippen LogP contribution >= 0.6 is 11.6 Å². The average molecular weight is 288 g/mol. The summed E-state index contributed by atoms with van der Waals surface area (Å²) < 4.78 is 0. The zero-order valence-corrected chi connectivity index (χ0v) is 11.0. The van der Waals surface area contributed by atoms with Crippen LogP contribution in [0.2, 0.25) is 5.02 Å². The lowest BCUT2D eigenvalue weighted by Crippen LogP contribution is -2.19. The molecule has 3 rings (SSSR count). The van der Waals surface area contributed by atoms with Crippen molar-refractivity contribution in [3.63, 3.8) is 0 Å². The summed E-state index contributed by atoms with van der Waals surface area (Å²) in [7, 11) is 0. The molecule has 0 atom stereocenters. The first-order chi connectivity index (χ1) is 9.70. The molecule has 2 heterocycles. The van der Waals surface area contributed by atoms with Crippen LogP contribution < -0.4 is 10.6 Å². The standard InChI is InChI=1S/C13H10ClN5O/c14-8-2-1-3-9(4-8)18-13(20)19-10-5-11-12(15-6-10)17-7-16-11/h1-7H,(H,15,16,17)(H2,18,19,20). The lowest BCUT2D eigenvalue weighted by molar-refractivity contribution is 0.262. The fraction of sp³-hybridized carbons (Fsp3) is 0. The van der Waals surface area contributed by atoms with Gasteiger partial charge in [-0.2, -0.15) is 0 Å². The number of fused-ring (bicyclic) bond motifs is 1. The first-order valence-electron chi connectivity index (χ1n) is 5.83. The number of aromatic nitrogens is 3. The molecule has 0 saturated carbocycles. The molecule has 0 aliphatic heterocycles. The number of pyridine rings is 1. The Labute approximate surface area is 119 Å². The predicted octanol–water partition coefficient (Wildman–Crippen LogP) is 3.26. The van der Waals surface area contributed by atoms with Crippen LogP contribution in [-0.2, 0) is 0 Å². The van der Waals surface area contributed by atoms with Crippen LogP contribution in [0.4, 0.5) is 16.2 Å². The Hall–Kier alpha value is -2.60. The highest BCUT2D eigenvalue weighted by Crippen LogP contribution is 2.16. The van der Waals surface area contributed by atoms with E-state index in [9.17, 15) is 4.79 Å². The SMILES string of the molecule is O=C(Nc1cccc(Cl)c1)Nc1cnc2nc[nH]c2c1. The number of hydrogen-bond donors (Lipinski definition) is 3. The molecule has 100 valence electrons. The minimum atomic E-state index is -0.368. The van der Waals surface area contributed by atoms with Crippen molar-refractivity contribution >= 4 is 40.2 Å². The number of urea groups is 1. The molecule has 1 aromatic carbocycles. The minimum absolute atomic E-state index is 0.368. The highest BCUT2D eigenvalue weighted by molar-refractivity contribution is 6.30. The summed E-state index contributed by atoms with van der Waals surface area (Å²) in [4.78, 5) is 22.9. The third kappa shape index (κ3) is 2.70. The smallest absolute Gasteiger partial charge is 0.323 e. The molecule has 0 saturated heterocycles. The maximum atomic E-state index is 11.8. The third-order valence-electron chi connectivity index (χ3n) is 2.61. The number of hydrogen-bond acceptors (Lipinski definition) is 3. The van der Waals surface area contributed by atoms with Gasteiger partial charge in [0.15, 0.2) is 5.65 Å². The number of benzene rings is 1. The molecule has 0 unspecified atom stereocenters. The molecular weight excluding hydrogens is 278 g/mol. The van der Waals surface area contributed by atoms with Crippen LogP contribution in [0.1, 0.15) is 0 Å². The summed E-state index contributed by atoms with van der Waals surface area (Å²) in [6.45, 7) is 0. The van der Waals surface area contributed by atoms with Gasteiger partial charge in [0.25, 0.3) is 0 Å². The lowest BCUT2D eigenvalue weighted by Gasteiger charge is -2.07. The van der Waals surface area contributed by atoms with Crippen LogP contribution in [0.25, 0.3) is 11.2 Å². The van der Waals surface area contributed by atoms with E-state index >= 15 is 0 Å². The normalized spacial score (nSPS) is 10.4. The Morgan fingerprint density at radius 3 is 2.85 bits per heavy atom. The van der Waals surface area contributed by atoms with Gasteiger partial charge >= 0.3 is 6.03 Å². The van der Waals surface area contributed by atoms with Crippen LogP contribution in [0.15, 0.2) is 42.9 Å². The van der Waals surface area contributed by atoms with Gasteiger partial charge in [-0.05, 0) is 24.3 Å². The zero-order chi connectivity index (χ0) is 13.9. The topological polar surface area (TPSA) is 82.7 Å². The summed E-state index contributed by atoms with van der Waals surface area (Å²) in [6.07, 6.45) is 3.09. The molecule has 3 N–H and O–H groups in total. The molecular formula is C13H10ClN5O. The number of carbonyl (C=O) groups excluding carboxylic acids is 1. The number of halogens is 1. The highest BCUT2D eigenvalue weighted by Gasteiger charge is 2.05. The average Bonchev–Trinajstić information content (AvgIpc) is 2.86. The van der Waals surface area contributed by atoms with Crippen molar-refractivity contribution in [3.05, 3.63) is 47.9 Å². The van der Waals surface area contributed by atoms with E-state index in [1.807, 2.05) is 0 Å². The summed E-state index contributed by atoms with van der Waals surface area (Å²) in [5.74, 6) is 0. The number of amides is 2. The van der Waals surface area contributed by atoms with Crippen LogP contribution in [-0.4, -0.2) is 21.0 Å². The van der Waals surface area contributed by atoms with Crippen molar-refractivity contribution in [1.82, 2.24) is 15.0 Å². The van der Waals surface area contributed by atoms with E-state index in [2.05, 4.69) is 25.6 Å². The van der Waals surface area contributed by atoms with Crippen molar-refractivity contribution < 1.29 is 4.79 Å². The Bertz CT molecular complexity index is 770. The van der Waals surface area contributed by atoms with Gasteiger partial charge in [0, 0.05) is 10.7 Å². The Balaban J connectivity index is 1.72. The van der Waals surface area contributed by atoms with Gasteiger partial charge < -0.3 is 15.6 Å². The molecule has 0 radical (unpaired) electrons. The largest absolute Gasteiger partial charge is 0.343 e. The minimum Gasteiger partial charge on any atom is -0.343 e. The molecule has 7 heteroatoms. The highest BCUT2D eigenvalue weighted by atomic mass is 35.5. The molecule has 3 aromatic rings. The number of anilines is 2. The Morgan fingerprint density at radius 1 is 1.15 bits per heavy atom. The van der Waals surface area contributed by atoms with Crippen molar-refractivity contribution in [2.24, 2.45) is 0 Å². The number of nitrogens with zero attached hydrogens (tertiary/aromatic N) is 2. The van der Waals surface area contributed by atoms with E-state index in [1.165, 1.54) is 0 Å². The second kappa shape index (κ2) is 5.18. The number of imidazole rings is 1. The maximum Gasteiger partial charge on any atom is 0.323 e. The third-order valence-corrected chi connectivity index (χ3v) is 2.85. The van der Waals surface area contributed by atoms with E-state index in [0.29, 0.717) is 22.0 Å². The molecule has 2 aromatic heterocycles. The molecule has 0 bridgehead atoms. The van der Waals surface area contributed by atoms with E-state index in [4.69, 9.17) is 11.6 Å². The maximum absolute atomic E-state index is 11.8. The van der Waals surface area contributed by atoms with Gasteiger partial charge in [-0.1, -0.05) is 17.7 Å². The first-order valence-corrected chi connectivity index (χ1v) is 6.21. The van der Waals surface area contributed by atoms with Crippen LogP contribution in [0, 0.1) is 0 Å². The van der Waals surface area contributed by atoms with Crippen molar-refractivity contribution in [2.75, 3.05) is 10.6 Å². The number of carbonyl (C=O) groups is 1. The van der Waals surface area contributed by atoms with Gasteiger partial charge in [-0.15, -0.1) is 0 Å². The van der Waals surface area contributed by atoms with Gasteiger partial charge in [0.2, 0.25) is 0 Å².